The van der Waals surface area contributed by atoms with Gasteiger partial charge in [-0.15, -0.1) is 0 Å². The van der Waals surface area contributed by atoms with Crippen LogP contribution in [0.25, 0.3) is 16.5 Å². The van der Waals surface area contributed by atoms with Gasteiger partial charge in [0.15, 0.2) is 5.69 Å². The van der Waals surface area contributed by atoms with E-state index in [1.807, 2.05) is 4.90 Å². The Morgan fingerprint density at radius 1 is 1.00 bits per heavy atom. The number of alkyl halides is 3. The molecule has 3 heterocycles. The van der Waals surface area contributed by atoms with Crippen LogP contribution >= 0.6 is 0 Å². The molecule has 0 bridgehead atoms. The molecule has 2 aromatic heterocycles. The van der Waals surface area contributed by atoms with Crippen molar-refractivity contribution in [2.45, 2.75) is 19.0 Å². The summed E-state index contributed by atoms with van der Waals surface area (Å²) < 4.78 is 55.9. The van der Waals surface area contributed by atoms with E-state index in [2.05, 4.69) is 15.4 Å². The van der Waals surface area contributed by atoms with Crippen LogP contribution in [0.2, 0.25) is 0 Å². The highest BCUT2D eigenvalue weighted by Gasteiger charge is 2.36. The zero-order valence-electron chi connectivity index (χ0n) is 18.8. The van der Waals surface area contributed by atoms with Crippen LogP contribution in [0, 0.1) is 11.2 Å². The Hall–Kier alpha value is -4.28. The van der Waals surface area contributed by atoms with Crippen molar-refractivity contribution in [3.63, 3.8) is 0 Å². The van der Waals surface area contributed by atoms with Crippen LogP contribution in [0.4, 0.5) is 23.4 Å². The molecule has 0 aliphatic carbocycles. The van der Waals surface area contributed by atoms with Crippen LogP contribution in [0.1, 0.15) is 34.6 Å². The van der Waals surface area contributed by atoms with Gasteiger partial charge in [0, 0.05) is 30.9 Å². The van der Waals surface area contributed by atoms with Crippen LogP contribution in [0.5, 0.6) is 0 Å². The summed E-state index contributed by atoms with van der Waals surface area (Å²) in [6.07, 6.45) is -1.41. The highest BCUT2D eigenvalue weighted by molar-refractivity contribution is 6.03. The number of benzene rings is 2. The van der Waals surface area contributed by atoms with E-state index < -0.39 is 29.3 Å². The van der Waals surface area contributed by atoms with Gasteiger partial charge < -0.3 is 10.2 Å². The second-order valence-electron chi connectivity index (χ2n) is 8.40. The predicted octanol–water partition coefficient (Wildman–Crippen LogP) is 5.25. The number of hydrogen-bond acceptors (Lipinski definition) is 4. The molecule has 1 aliphatic heterocycles. The second-order valence-corrected chi connectivity index (χ2v) is 8.40. The van der Waals surface area contributed by atoms with Crippen LogP contribution in [-0.2, 0) is 6.18 Å². The fourth-order valence-electron chi connectivity index (χ4n) is 4.14. The van der Waals surface area contributed by atoms with Crippen molar-refractivity contribution in [3.05, 3.63) is 83.6 Å². The number of nitrogens with zero attached hydrogens (tertiary/aromatic N) is 4. The molecule has 0 atom stereocenters. The minimum absolute atomic E-state index is 0.0678. The van der Waals surface area contributed by atoms with Crippen molar-refractivity contribution < 1.29 is 22.4 Å². The summed E-state index contributed by atoms with van der Waals surface area (Å²) in [5, 5.41) is 15.3. The fourth-order valence-corrected chi connectivity index (χ4v) is 4.14. The Morgan fingerprint density at radius 2 is 1.69 bits per heavy atom. The van der Waals surface area contributed by atoms with Crippen LogP contribution in [0.15, 0.2) is 60.8 Å². The fraction of sp³-hybridized carbons (Fsp3) is 0.200. The summed E-state index contributed by atoms with van der Waals surface area (Å²) in [5.74, 6) is -1.39. The number of pyridine rings is 1. The van der Waals surface area contributed by atoms with E-state index in [0.29, 0.717) is 32.9 Å². The molecule has 7 nitrogen and oxygen atoms in total. The van der Waals surface area contributed by atoms with Gasteiger partial charge in [-0.05, 0) is 47.9 Å². The lowest BCUT2D eigenvalue weighted by Gasteiger charge is -2.18. The third-order valence-corrected chi connectivity index (χ3v) is 5.98. The number of amides is 1. The lowest BCUT2D eigenvalue weighted by Crippen LogP contribution is -2.27. The Kier molecular flexibility index (Phi) is 5.91. The van der Waals surface area contributed by atoms with E-state index in [4.69, 9.17) is 5.41 Å². The van der Waals surface area contributed by atoms with Gasteiger partial charge >= 0.3 is 6.18 Å². The first-order valence-corrected chi connectivity index (χ1v) is 11.2. The minimum atomic E-state index is -4.84. The number of likely N-dealkylation sites (tertiary alicyclic amines) is 1. The van der Waals surface area contributed by atoms with Gasteiger partial charge in [0.1, 0.15) is 28.9 Å². The van der Waals surface area contributed by atoms with Crippen LogP contribution in [-0.4, -0.2) is 44.5 Å². The standard InChI is InChI=1S/C25H20F4N6O/c26-18-11-15-5-1-2-6-16(15)12-19(18)35-20(13-21(33-35)25(27,28)29)24(36)32-22-8-7-17(14-31-22)23(30)34-9-3-4-10-34/h1-2,5-8,11-14,30H,3-4,9-10H2,(H,31,32,36). The van der Waals surface area contributed by atoms with Crippen LogP contribution < -0.4 is 5.32 Å². The SMILES string of the molecule is N=C(c1ccc(NC(=O)c2cc(C(F)(F)F)nn2-c2cc3ccccc3cc2F)nc1)N1CCCC1. The maximum absolute atomic E-state index is 14.9. The van der Waals surface area contributed by atoms with Gasteiger partial charge in [0.25, 0.3) is 5.91 Å². The third kappa shape index (κ3) is 4.51. The highest BCUT2D eigenvalue weighted by Crippen LogP contribution is 2.31. The van der Waals surface area contributed by atoms with Crippen molar-refractivity contribution >= 4 is 28.3 Å². The number of anilines is 1. The quantitative estimate of drug-likeness (QED) is 0.230. The van der Waals surface area contributed by atoms with Gasteiger partial charge in [0.2, 0.25) is 0 Å². The van der Waals surface area contributed by atoms with E-state index in [1.165, 1.54) is 24.4 Å². The number of aromatic nitrogens is 3. The molecule has 0 saturated carbocycles. The van der Waals surface area contributed by atoms with Gasteiger partial charge in [0.05, 0.1) is 0 Å². The molecule has 0 unspecified atom stereocenters. The molecular weight excluding hydrogens is 476 g/mol. The number of amidine groups is 1. The number of carbonyl (C=O) groups excluding carboxylic acids is 1. The molecule has 0 radical (unpaired) electrons. The monoisotopic (exact) mass is 496 g/mol. The summed E-state index contributed by atoms with van der Waals surface area (Å²) in [4.78, 5) is 19.0. The normalized spacial score (nSPS) is 13.8. The van der Waals surface area contributed by atoms with Gasteiger partial charge in [-0.2, -0.15) is 18.3 Å². The number of nitrogens with one attached hydrogen (secondary N) is 2. The predicted molar refractivity (Wildman–Crippen MR) is 126 cm³/mol. The average Bonchev–Trinajstić information content (AvgIpc) is 3.54. The zero-order valence-corrected chi connectivity index (χ0v) is 18.8. The molecule has 4 aromatic rings. The molecule has 1 amide bonds. The molecule has 36 heavy (non-hydrogen) atoms. The molecule has 0 spiro atoms. The Balaban J connectivity index is 1.47. The van der Waals surface area contributed by atoms with Crippen molar-refractivity contribution in [1.29, 1.82) is 5.41 Å². The smallest absolute Gasteiger partial charge is 0.357 e. The average molecular weight is 496 g/mol. The van der Waals surface area contributed by atoms with E-state index in [0.717, 1.165) is 25.9 Å². The van der Waals surface area contributed by atoms with Gasteiger partial charge in [-0.3, -0.25) is 10.2 Å². The first-order chi connectivity index (χ1) is 17.2. The summed E-state index contributed by atoms with van der Waals surface area (Å²) in [6.45, 7) is 1.57. The summed E-state index contributed by atoms with van der Waals surface area (Å²) in [5.41, 5.74) is -1.58. The Bertz CT molecular complexity index is 1460. The summed E-state index contributed by atoms with van der Waals surface area (Å²) in [7, 11) is 0. The molecule has 5 rings (SSSR count). The Labute approximate surface area is 202 Å². The maximum atomic E-state index is 14.9. The second kappa shape index (κ2) is 9.06. The van der Waals surface area contributed by atoms with Crippen molar-refractivity contribution in [3.8, 4) is 5.69 Å². The largest absolute Gasteiger partial charge is 0.435 e. The lowest BCUT2D eigenvalue weighted by atomic mass is 10.1. The molecule has 1 saturated heterocycles. The molecule has 1 fully saturated rings. The van der Waals surface area contributed by atoms with E-state index in [1.54, 1.807) is 30.3 Å². The van der Waals surface area contributed by atoms with E-state index in [9.17, 15) is 22.4 Å². The molecule has 1 aliphatic rings. The summed E-state index contributed by atoms with van der Waals surface area (Å²) in [6, 6.07) is 12.9. The highest BCUT2D eigenvalue weighted by atomic mass is 19.4. The number of fused-ring (bicyclic) bond motifs is 1. The Morgan fingerprint density at radius 3 is 2.33 bits per heavy atom. The summed E-state index contributed by atoms with van der Waals surface area (Å²) >= 11 is 0. The number of halogens is 4. The lowest BCUT2D eigenvalue weighted by molar-refractivity contribution is -0.141. The van der Waals surface area contributed by atoms with Gasteiger partial charge in [-0.1, -0.05) is 24.3 Å². The van der Waals surface area contributed by atoms with Crippen molar-refractivity contribution in [1.82, 2.24) is 19.7 Å². The van der Waals surface area contributed by atoms with Crippen molar-refractivity contribution in [2.75, 3.05) is 18.4 Å². The third-order valence-electron chi connectivity index (χ3n) is 5.98. The topological polar surface area (TPSA) is 86.9 Å². The first kappa shape index (κ1) is 23.5. The molecule has 2 N–H and O–H groups in total. The minimum Gasteiger partial charge on any atom is -0.357 e. The first-order valence-electron chi connectivity index (χ1n) is 11.2. The van der Waals surface area contributed by atoms with E-state index >= 15 is 0 Å². The number of hydrogen-bond donors (Lipinski definition) is 2. The van der Waals surface area contributed by atoms with E-state index in [-0.39, 0.29) is 11.5 Å². The van der Waals surface area contributed by atoms with Crippen molar-refractivity contribution in [2.24, 2.45) is 0 Å². The zero-order chi connectivity index (χ0) is 25.4. The molecule has 2 aromatic carbocycles. The van der Waals surface area contributed by atoms with Gasteiger partial charge in [-0.25, -0.2) is 14.1 Å². The number of carbonyl (C=O) groups is 1. The maximum Gasteiger partial charge on any atom is 0.435 e. The molecule has 11 heteroatoms. The number of rotatable bonds is 4. The molecule has 184 valence electrons. The molecular formula is C25H20F4N6O. The van der Waals surface area contributed by atoms with Crippen LogP contribution in [0.3, 0.4) is 0 Å².